The standard InChI is InChI=1S/3C8H20P.C6H8O7/c3*1-5-9(6-2,7-3)8-4;7-3(8)1-6(13,5(11)12)2-4(9)10/h3*5-8H2,1-4H3;13H,1-2H2,(H,7,8)(H,9,10)(H,11,12)/q3*+1;/p-3. The molecule has 0 aliphatic heterocycles. The summed E-state index contributed by atoms with van der Waals surface area (Å²) in [4.78, 5) is 30.0. The molecule has 0 unspecified atom stereocenters. The summed E-state index contributed by atoms with van der Waals surface area (Å²) < 4.78 is 0. The first-order valence-corrected chi connectivity index (χ1v) is 23.0. The molecule has 7 nitrogen and oxygen atoms in total. The second-order valence-electron chi connectivity index (χ2n) is 10.2. The summed E-state index contributed by atoms with van der Waals surface area (Å²) in [5.41, 5.74) is -2.97. The van der Waals surface area contributed by atoms with Gasteiger partial charge in [0.05, 0.1) is 79.9 Å². The summed E-state index contributed by atoms with van der Waals surface area (Å²) >= 11 is 0. The van der Waals surface area contributed by atoms with Gasteiger partial charge in [-0.25, -0.2) is 0 Å². The highest BCUT2D eigenvalue weighted by Gasteiger charge is 2.30. The van der Waals surface area contributed by atoms with E-state index in [0.29, 0.717) is 0 Å². The van der Waals surface area contributed by atoms with E-state index in [0.717, 1.165) is 0 Å². The Morgan fingerprint density at radius 1 is 0.450 bits per heavy atom. The number of aliphatic hydroxyl groups is 1. The molecular formula is C30H65O7P3. The van der Waals surface area contributed by atoms with Crippen molar-refractivity contribution in [2.24, 2.45) is 0 Å². The van der Waals surface area contributed by atoms with Crippen LogP contribution in [0.4, 0.5) is 0 Å². The third-order valence-corrected chi connectivity index (χ3v) is 25.4. The molecule has 0 rings (SSSR count). The maximum absolute atomic E-state index is 10.1. The molecule has 242 valence electrons. The number of hydrogen-bond acceptors (Lipinski definition) is 7. The monoisotopic (exact) mass is 630 g/mol. The molecule has 0 saturated heterocycles. The molecule has 0 spiro atoms. The summed E-state index contributed by atoms with van der Waals surface area (Å²) in [5, 5.41) is 38.9. The molecule has 1 N–H and O–H groups in total. The zero-order valence-corrected chi connectivity index (χ0v) is 30.8. The average molecular weight is 631 g/mol. The van der Waals surface area contributed by atoms with Crippen molar-refractivity contribution in [1.29, 1.82) is 0 Å². The van der Waals surface area contributed by atoms with Crippen LogP contribution in [-0.2, 0) is 14.4 Å². The van der Waals surface area contributed by atoms with E-state index in [-0.39, 0.29) is 0 Å². The van der Waals surface area contributed by atoms with Gasteiger partial charge in [-0.1, -0.05) is 0 Å². The SMILES string of the molecule is CC[P+](CC)(CC)CC.CC[P+](CC)(CC)CC.CC[P+](CC)(CC)CC.O=C([O-])CC(O)(CC(=O)[O-])C(=O)[O-]. The van der Waals surface area contributed by atoms with Crippen LogP contribution >= 0.6 is 21.8 Å². The molecule has 0 fully saturated rings. The van der Waals surface area contributed by atoms with Gasteiger partial charge in [0.2, 0.25) is 0 Å². The molecule has 40 heavy (non-hydrogen) atoms. The maximum atomic E-state index is 10.1. The molecule has 0 amide bonds. The quantitative estimate of drug-likeness (QED) is 0.240. The predicted octanol–water partition coefficient (Wildman–Crippen LogP) is 4.00. The van der Waals surface area contributed by atoms with Crippen LogP contribution in [0.2, 0.25) is 0 Å². The highest BCUT2D eigenvalue weighted by Crippen LogP contribution is 2.58. The Hall–Kier alpha value is -0.340. The minimum absolute atomic E-state index is 0.420. The Bertz CT molecular complexity index is 544. The second-order valence-corrected chi connectivity index (χ2v) is 25.9. The van der Waals surface area contributed by atoms with Gasteiger partial charge in [0, 0.05) is 46.6 Å². The van der Waals surface area contributed by atoms with E-state index in [1.807, 2.05) is 0 Å². The maximum Gasteiger partial charge on any atom is 0.114 e. The minimum Gasteiger partial charge on any atom is -0.550 e. The van der Waals surface area contributed by atoms with Crippen LogP contribution in [0.5, 0.6) is 0 Å². The Balaban J connectivity index is -0.000000219. The minimum atomic E-state index is -2.97. The predicted molar refractivity (Wildman–Crippen MR) is 176 cm³/mol. The number of aliphatic carboxylic acids is 3. The lowest BCUT2D eigenvalue weighted by Gasteiger charge is -2.29. The first kappa shape index (κ1) is 46.6. The zero-order chi connectivity index (χ0) is 32.6. The molecule has 10 heteroatoms. The number of carboxylic acids is 3. The van der Waals surface area contributed by atoms with Gasteiger partial charge < -0.3 is 34.8 Å². The fourth-order valence-corrected chi connectivity index (χ4v) is 12.8. The van der Waals surface area contributed by atoms with Gasteiger partial charge in [0.15, 0.2) is 0 Å². The fourth-order valence-electron chi connectivity index (χ4n) is 4.71. The molecule has 0 aliphatic rings. The Labute approximate surface area is 249 Å². The highest BCUT2D eigenvalue weighted by molar-refractivity contribution is 7.76. The van der Waals surface area contributed by atoms with Gasteiger partial charge in [-0.3, -0.25) is 0 Å². The molecule has 0 aromatic heterocycles. The smallest absolute Gasteiger partial charge is 0.114 e. The summed E-state index contributed by atoms with van der Waals surface area (Å²) in [5.74, 6) is -5.98. The topological polar surface area (TPSA) is 141 Å². The van der Waals surface area contributed by atoms with Crippen LogP contribution in [-0.4, -0.2) is 103 Å². The number of carbonyl (C=O) groups excluding carboxylic acids is 3. The number of rotatable bonds is 17. The average Bonchev–Trinajstić information content (AvgIpc) is 2.94. The summed E-state index contributed by atoms with van der Waals surface area (Å²) in [6.07, 6.45) is 14.7. The largest absolute Gasteiger partial charge is 0.550 e. The fraction of sp³-hybridized carbons (Fsp3) is 0.900. The molecule has 0 saturated carbocycles. The van der Waals surface area contributed by atoms with Crippen molar-refractivity contribution in [3.8, 4) is 0 Å². The van der Waals surface area contributed by atoms with E-state index in [2.05, 4.69) is 83.1 Å². The van der Waals surface area contributed by atoms with Crippen LogP contribution in [0, 0.1) is 0 Å². The van der Waals surface area contributed by atoms with E-state index in [1.165, 1.54) is 73.9 Å². The van der Waals surface area contributed by atoms with Gasteiger partial charge in [-0.05, 0) is 83.1 Å². The van der Waals surface area contributed by atoms with Gasteiger partial charge in [0.1, 0.15) is 5.60 Å². The number of hydrogen-bond donors (Lipinski definition) is 1. The summed E-state index contributed by atoms with van der Waals surface area (Å²) in [7, 11) is -1.26. The Morgan fingerprint density at radius 2 is 0.600 bits per heavy atom. The van der Waals surface area contributed by atoms with E-state index < -0.39 is 58.1 Å². The normalized spacial score (nSPS) is 11.6. The zero-order valence-electron chi connectivity index (χ0n) is 28.1. The van der Waals surface area contributed by atoms with Crippen LogP contribution < -0.4 is 15.3 Å². The lowest BCUT2D eigenvalue weighted by atomic mass is 9.96. The van der Waals surface area contributed by atoms with Crippen molar-refractivity contribution in [3.05, 3.63) is 0 Å². The van der Waals surface area contributed by atoms with Crippen LogP contribution in [0.15, 0.2) is 0 Å². The Morgan fingerprint density at radius 3 is 0.650 bits per heavy atom. The molecule has 0 aliphatic carbocycles. The second kappa shape index (κ2) is 25.2. The van der Waals surface area contributed by atoms with Crippen molar-refractivity contribution in [2.45, 2.75) is 102 Å². The van der Waals surface area contributed by atoms with E-state index in [1.54, 1.807) is 0 Å². The lowest BCUT2D eigenvalue weighted by molar-refractivity contribution is -0.339. The van der Waals surface area contributed by atoms with Gasteiger partial charge in [-0.15, -0.1) is 0 Å². The van der Waals surface area contributed by atoms with Crippen LogP contribution in [0.25, 0.3) is 0 Å². The van der Waals surface area contributed by atoms with E-state index in [9.17, 15) is 29.7 Å². The third-order valence-electron chi connectivity index (χ3n) is 9.30. The molecule has 0 bridgehead atoms. The first-order valence-electron chi connectivity index (χ1n) is 15.4. The molecule has 0 radical (unpaired) electrons. The first-order chi connectivity index (χ1) is 18.5. The van der Waals surface area contributed by atoms with Crippen LogP contribution in [0.1, 0.15) is 95.9 Å². The number of carboxylic acid groups (broad SMARTS) is 3. The van der Waals surface area contributed by atoms with Gasteiger partial charge in [0.25, 0.3) is 0 Å². The van der Waals surface area contributed by atoms with Gasteiger partial charge in [-0.2, -0.15) is 0 Å². The molecule has 0 aromatic carbocycles. The lowest BCUT2D eigenvalue weighted by Crippen LogP contribution is -2.54. The van der Waals surface area contributed by atoms with Crippen molar-refractivity contribution in [2.75, 3.05) is 73.9 Å². The van der Waals surface area contributed by atoms with E-state index in [4.69, 9.17) is 5.11 Å². The third kappa shape index (κ3) is 19.0. The molecule has 0 atom stereocenters. The molecular weight excluding hydrogens is 565 g/mol. The highest BCUT2D eigenvalue weighted by atomic mass is 31.2. The molecule has 0 heterocycles. The van der Waals surface area contributed by atoms with Crippen LogP contribution in [0.3, 0.4) is 0 Å². The van der Waals surface area contributed by atoms with Crippen molar-refractivity contribution in [3.63, 3.8) is 0 Å². The van der Waals surface area contributed by atoms with Crippen molar-refractivity contribution in [1.82, 2.24) is 0 Å². The van der Waals surface area contributed by atoms with Crippen molar-refractivity contribution >= 4 is 39.7 Å². The van der Waals surface area contributed by atoms with Gasteiger partial charge >= 0.3 is 0 Å². The summed E-state index contributed by atoms with van der Waals surface area (Å²) in [6, 6.07) is 0. The number of carbonyl (C=O) groups is 3. The molecule has 0 aromatic rings. The Kier molecular flexibility index (Phi) is 29.3. The summed E-state index contributed by atoms with van der Waals surface area (Å²) in [6.45, 7) is 28.2. The van der Waals surface area contributed by atoms with E-state index >= 15 is 0 Å². The van der Waals surface area contributed by atoms with Crippen molar-refractivity contribution < 1.29 is 34.8 Å².